The van der Waals surface area contributed by atoms with Gasteiger partial charge < -0.3 is 5.32 Å². The normalized spacial score (nSPS) is 15.0. The van der Waals surface area contributed by atoms with E-state index in [9.17, 15) is 14.0 Å². The van der Waals surface area contributed by atoms with Crippen LogP contribution in [0.25, 0.3) is 0 Å². The lowest BCUT2D eigenvalue weighted by atomic mass is 9.94. The number of benzene rings is 2. The van der Waals surface area contributed by atoms with Crippen LogP contribution < -0.4 is 10.2 Å². The zero-order valence-corrected chi connectivity index (χ0v) is 17.7. The Morgan fingerprint density at radius 3 is 2.34 bits per heavy atom. The van der Waals surface area contributed by atoms with Crippen LogP contribution in [-0.2, 0) is 4.79 Å². The maximum atomic E-state index is 13.7. The molecule has 0 bridgehead atoms. The van der Waals surface area contributed by atoms with E-state index in [-0.39, 0.29) is 17.6 Å². The summed E-state index contributed by atoms with van der Waals surface area (Å²) in [5.74, 6) is -1.17. The largest absolute Gasteiger partial charge is 0.351 e. The van der Waals surface area contributed by atoms with E-state index in [1.165, 1.54) is 35.6 Å². The molecule has 1 fully saturated rings. The summed E-state index contributed by atoms with van der Waals surface area (Å²) in [6.07, 6.45) is 9.40. The summed E-state index contributed by atoms with van der Waals surface area (Å²) in [5, 5.41) is 3.13. The molecule has 3 aromatic rings. The molecule has 164 valence electrons. The molecule has 2 aromatic carbocycles. The number of nitrogens with one attached hydrogen (secondary N) is 1. The van der Waals surface area contributed by atoms with Gasteiger partial charge in [-0.2, -0.15) is 0 Å². The Bertz CT molecular complexity index is 1040. The number of para-hydroxylation sites is 1. The average Bonchev–Trinajstić information content (AvgIpc) is 2.84. The highest BCUT2D eigenvalue weighted by Crippen LogP contribution is 2.30. The van der Waals surface area contributed by atoms with E-state index in [1.807, 2.05) is 6.07 Å². The molecule has 0 aliphatic heterocycles. The Kier molecular flexibility index (Phi) is 6.84. The van der Waals surface area contributed by atoms with Crippen LogP contribution in [-0.4, -0.2) is 27.8 Å². The fourth-order valence-corrected chi connectivity index (χ4v) is 4.09. The second-order valence-electron chi connectivity index (χ2n) is 7.90. The number of amides is 2. The molecule has 1 N–H and O–H groups in total. The van der Waals surface area contributed by atoms with Crippen LogP contribution in [0.15, 0.2) is 73.2 Å². The molecule has 0 radical (unpaired) electrons. The van der Waals surface area contributed by atoms with Crippen LogP contribution in [0.2, 0.25) is 0 Å². The minimum Gasteiger partial charge on any atom is -0.351 e. The zero-order chi connectivity index (χ0) is 22.3. The fourth-order valence-electron chi connectivity index (χ4n) is 4.09. The van der Waals surface area contributed by atoms with Gasteiger partial charge in [0.2, 0.25) is 5.91 Å². The third-order valence-corrected chi connectivity index (χ3v) is 5.68. The van der Waals surface area contributed by atoms with Gasteiger partial charge in [-0.25, -0.2) is 9.37 Å². The Balaban J connectivity index is 1.77. The summed E-state index contributed by atoms with van der Waals surface area (Å²) in [7, 11) is 0. The molecule has 6 nitrogen and oxygen atoms in total. The molecule has 1 atom stereocenters. The maximum Gasteiger partial charge on any atom is 0.279 e. The summed E-state index contributed by atoms with van der Waals surface area (Å²) in [6.45, 7) is 0. The van der Waals surface area contributed by atoms with E-state index < -0.39 is 17.8 Å². The number of nitrogens with zero attached hydrogens (tertiary/aromatic N) is 3. The molecule has 0 unspecified atom stereocenters. The summed E-state index contributed by atoms with van der Waals surface area (Å²) in [4.78, 5) is 36.8. The Morgan fingerprint density at radius 1 is 0.969 bits per heavy atom. The van der Waals surface area contributed by atoms with Crippen LogP contribution in [0.5, 0.6) is 0 Å². The number of carbonyl (C=O) groups excluding carboxylic acids is 2. The lowest BCUT2D eigenvalue weighted by Crippen LogP contribution is -2.47. The van der Waals surface area contributed by atoms with Gasteiger partial charge in [0.1, 0.15) is 17.6 Å². The lowest BCUT2D eigenvalue weighted by Gasteiger charge is -2.33. The minimum absolute atomic E-state index is 0.0587. The molecule has 7 heteroatoms. The Hall–Kier alpha value is -3.61. The summed E-state index contributed by atoms with van der Waals surface area (Å²) >= 11 is 0. The van der Waals surface area contributed by atoms with Gasteiger partial charge in [0.15, 0.2) is 0 Å². The van der Waals surface area contributed by atoms with Gasteiger partial charge in [0.25, 0.3) is 5.91 Å². The Labute approximate surface area is 186 Å². The zero-order valence-electron chi connectivity index (χ0n) is 17.7. The highest BCUT2D eigenvalue weighted by atomic mass is 19.1. The van der Waals surface area contributed by atoms with E-state index in [4.69, 9.17) is 0 Å². The van der Waals surface area contributed by atoms with Crippen molar-refractivity contribution in [3.05, 3.63) is 90.3 Å². The van der Waals surface area contributed by atoms with Crippen LogP contribution in [0.1, 0.15) is 54.2 Å². The number of anilines is 1. The lowest BCUT2D eigenvalue weighted by molar-refractivity contribution is -0.123. The number of hydrogen-bond acceptors (Lipinski definition) is 4. The second-order valence-corrected chi connectivity index (χ2v) is 7.90. The SMILES string of the molecule is O=C(NC1CCCCC1)[C@@H](c1ccc(F)cc1)N(C(=O)c1cnccn1)c1ccccc1. The van der Waals surface area contributed by atoms with E-state index in [2.05, 4.69) is 15.3 Å². The number of aromatic nitrogens is 2. The second kappa shape index (κ2) is 10.1. The highest BCUT2D eigenvalue weighted by Gasteiger charge is 2.35. The molecule has 4 rings (SSSR count). The first-order valence-corrected chi connectivity index (χ1v) is 10.8. The predicted octanol–water partition coefficient (Wildman–Crippen LogP) is 4.45. The highest BCUT2D eigenvalue weighted by molar-refractivity contribution is 6.09. The molecule has 0 saturated heterocycles. The molecular formula is C25H25FN4O2. The predicted molar refractivity (Wildman–Crippen MR) is 119 cm³/mol. The van der Waals surface area contributed by atoms with Crippen molar-refractivity contribution >= 4 is 17.5 Å². The molecular weight excluding hydrogens is 407 g/mol. The topological polar surface area (TPSA) is 75.2 Å². The molecule has 1 aliphatic carbocycles. The molecule has 1 heterocycles. The van der Waals surface area contributed by atoms with Crippen molar-refractivity contribution in [3.8, 4) is 0 Å². The van der Waals surface area contributed by atoms with Crippen LogP contribution in [0.3, 0.4) is 0 Å². The minimum atomic E-state index is -0.991. The quantitative estimate of drug-likeness (QED) is 0.624. The first kappa shape index (κ1) is 21.6. The number of halogens is 1. The number of carbonyl (C=O) groups is 2. The van der Waals surface area contributed by atoms with Gasteiger partial charge in [-0.1, -0.05) is 49.6 Å². The summed E-state index contributed by atoms with van der Waals surface area (Å²) in [6, 6.07) is 13.7. The van der Waals surface area contributed by atoms with Crippen molar-refractivity contribution < 1.29 is 14.0 Å². The van der Waals surface area contributed by atoms with Crippen LogP contribution in [0.4, 0.5) is 10.1 Å². The third kappa shape index (κ3) is 4.99. The summed E-state index contributed by atoms with van der Waals surface area (Å²) < 4.78 is 13.7. The van der Waals surface area contributed by atoms with Crippen molar-refractivity contribution in [2.24, 2.45) is 0 Å². The molecule has 0 spiro atoms. The molecule has 2 amide bonds. The van der Waals surface area contributed by atoms with Crippen molar-refractivity contribution in [2.75, 3.05) is 4.90 Å². The molecule has 1 aromatic heterocycles. The average molecular weight is 432 g/mol. The molecule has 32 heavy (non-hydrogen) atoms. The van der Waals surface area contributed by atoms with Crippen LogP contribution >= 0.6 is 0 Å². The van der Waals surface area contributed by atoms with Crippen LogP contribution in [0, 0.1) is 5.82 Å². The standard InChI is InChI=1S/C25H25FN4O2/c26-19-13-11-18(12-14-19)23(24(31)29-20-7-3-1-4-8-20)30(21-9-5-2-6-10-21)25(32)22-17-27-15-16-28-22/h2,5-6,9-17,20,23H,1,3-4,7-8H2,(H,29,31)/t23-/m1/s1. The van der Waals surface area contributed by atoms with E-state index >= 15 is 0 Å². The number of rotatable bonds is 6. The Morgan fingerprint density at radius 2 is 1.69 bits per heavy atom. The van der Waals surface area contributed by atoms with Gasteiger partial charge in [-0.3, -0.25) is 19.5 Å². The van der Waals surface area contributed by atoms with Crippen molar-refractivity contribution in [1.82, 2.24) is 15.3 Å². The van der Waals surface area contributed by atoms with Gasteiger partial charge in [-0.15, -0.1) is 0 Å². The monoisotopic (exact) mass is 432 g/mol. The van der Waals surface area contributed by atoms with Crippen molar-refractivity contribution in [3.63, 3.8) is 0 Å². The van der Waals surface area contributed by atoms with Crippen molar-refractivity contribution in [1.29, 1.82) is 0 Å². The van der Waals surface area contributed by atoms with Gasteiger partial charge in [0.05, 0.1) is 6.20 Å². The summed E-state index contributed by atoms with van der Waals surface area (Å²) in [5.41, 5.74) is 1.17. The fraction of sp³-hybridized carbons (Fsp3) is 0.280. The third-order valence-electron chi connectivity index (χ3n) is 5.68. The molecule has 1 aliphatic rings. The van der Waals surface area contributed by atoms with Gasteiger partial charge in [0, 0.05) is 24.1 Å². The smallest absolute Gasteiger partial charge is 0.279 e. The number of hydrogen-bond donors (Lipinski definition) is 1. The van der Waals surface area contributed by atoms with E-state index in [0.717, 1.165) is 32.1 Å². The van der Waals surface area contributed by atoms with Gasteiger partial charge in [-0.05, 0) is 42.7 Å². The van der Waals surface area contributed by atoms with Crippen molar-refractivity contribution in [2.45, 2.75) is 44.2 Å². The first-order chi connectivity index (χ1) is 15.6. The first-order valence-electron chi connectivity index (χ1n) is 10.8. The van der Waals surface area contributed by atoms with E-state index in [1.54, 1.807) is 36.4 Å². The maximum absolute atomic E-state index is 13.7. The van der Waals surface area contributed by atoms with Gasteiger partial charge >= 0.3 is 0 Å². The van der Waals surface area contributed by atoms with E-state index in [0.29, 0.717) is 11.3 Å². The molecule has 1 saturated carbocycles.